The van der Waals surface area contributed by atoms with Gasteiger partial charge < -0.3 is 14.6 Å². The minimum atomic E-state index is -1.01. The first kappa shape index (κ1) is 13.4. The first-order chi connectivity index (χ1) is 9.11. The maximum atomic E-state index is 11.2. The van der Waals surface area contributed by atoms with Crippen LogP contribution in [0.2, 0.25) is 0 Å². The van der Waals surface area contributed by atoms with Crippen LogP contribution in [0.3, 0.4) is 0 Å². The van der Waals surface area contributed by atoms with Crippen molar-refractivity contribution in [1.82, 2.24) is 0 Å². The van der Waals surface area contributed by atoms with Crippen LogP contribution in [0.1, 0.15) is 31.4 Å². The van der Waals surface area contributed by atoms with Crippen LogP contribution in [-0.2, 0) is 14.3 Å². The van der Waals surface area contributed by atoms with Gasteiger partial charge in [0.05, 0.1) is 13.0 Å². The van der Waals surface area contributed by atoms with E-state index in [-0.39, 0.29) is 6.42 Å². The van der Waals surface area contributed by atoms with E-state index in [0.717, 1.165) is 12.2 Å². The molecule has 19 heavy (non-hydrogen) atoms. The molecule has 2 rings (SSSR count). The Morgan fingerprint density at radius 2 is 2.11 bits per heavy atom. The Hall–Kier alpha value is -2.04. The monoisotopic (exact) mass is 264 g/mol. The molecule has 1 aromatic rings. The summed E-state index contributed by atoms with van der Waals surface area (Å²) in [5, 5.41) is 9.08. The first-order valence-electron chi connectivity index (χ1n) is 6.27. The van der Waals surface area contributed by atoms with Gasteiger partial charge in [0.2, 0.25) is 0 Å². The second kappa shape index (κ2) is 5.73. The number of cyclic esters (lactones) is 1. The number of esters is 1. The number of carboxylic acid groups (broad SMARTS) is 1. The van der Waals surface area contributed by atoms with Crippen LogP contribution in [0.5, 0.6) is 5.75 Å². The Bertz CT molecular complexity index is 465. The lowest BCUT2D eigenvalue weighted by atomic mass is 9.95. The minimum absolute atomic E-state index is 0.0753. The molecule has 1 N–H and O–H groups in total. The fraction of sp³-hybridized carbons (Fsp3) is 0.429. The van der Waals surface area contributed by atoms with Gasteiger partial charge in [-0.1, -0.05) is 19.1 Å². The number of aliphatic carboxylic acids is 1. The number of benzene rings is 1. The van der Waals surface area contributed by atoms with E-state index in [0.29, 0.717) is 12.2 Å². The van der Waals surface area contributed by atoms with E-state index in [1.807, 2.05) is 6.92 Å². The molecule has 5 heteroatoms. The van der Waals surface area contributed by atoms with Gasteiger partial charge in [-0.25, -0.2) is 0 Å². The third kappa shape index (κ3) is 3.05. The number of ether oxygens (including phenoxy) is 2. The summed E-state index contributed by atoms with van der Waals surface area (Å²) >= 11 is 0. The summed E-state index contributed by atoms with van der Waals surface area (Å²) in [6.07, 6.45) is 0.141. The van der Waals surface area contributed by atoms with Crippen LogP contribution < -0.4 is 4.74 Å². The average molecular weight is 264 g/mol. The molecule has 0 saturated carbocycles. The van der Waals surface area contributed by atoms with Crippen molar-refractivity contribution in [2.24, 2.45) is 5.92 Å². The zero-order valence-corrected chi connectivity index (χ0v) is 10.7. The summed E-state index contributed by atoms with van der Waals surface area (Å²) in [6, 6.07) is 7.00. The maximum Gasteiger partial charge on any atom is 0.311 e. The molecule has 1 aliphatic heterocycles. The number of hydrogen-bond acceptors (Lipinski definition) is 4. The molecule has 0 amide bonds. The molecule has 5 nitrogen and oxygen atoms in total. The molecule has 0 radical (unpaired) electrons. The molecule has 0 bridgehead atoms. The SMILES string of the molecule is CCCOc1ccc(C2OC(=O)CC2C(=O)O)cc1. The zero-order valence-electron chi connectivity index (χ0n) is 10.7. The lowest BCUT2D eigenvalue weighted by Crippen LogP contribution is -2.17. The van der Waals surface area contributed by atoms with Crippen molar-refractivity contribution in [3.8, 4) is 5.75 Å². The Kier molecular flexibility index (Phi) is 4.04. The molecule has 1 heterocycles. The number of carbonyl (C=O) groups excluding carboxylic acids is 1. The van der Waals surface area contributed by atoms with Crippen molar-refractivity contribution in [2.45, 2.75) is 25.9 Å². The van der Waals surface area contributed by atoms with E-state index in [2.05, 4.69) is 0 Å². The first-order valence-corrected chi connectivity index (χ1v) is 6.27. The quantitative estimate of drug-likeness (QED) is 0.825. The topological polar surface area (TPSA) is 72.8 Å². The summed E-state index contributed by atoms with van der Waals surface area (Å²) in [7, 11) is 0. The Morgan fingerprint density at radius 3 is 2.68 bits per heavy atom. The smallest absolute Gasteiger partial charge is 0.311 e. The van der Waals surface area contributed by atoms with Crippen molar-refractivity contribution in [1.29, 1.82) is 0 Å². The summed E-state index contributed by atoms with van der Waals surface area (Å²) in [4.78, 5) is 22.3. The van der Waals surface area contributed by atoms with E-state index >= 15 is 0 Å². The summed E-state index contributed by atoms with van der Waals surface area (Å²) in [5.41, 5.74) is 0.682. The van der Waals surface area contributed by atoms with Gasteiger partial charge in [0.1, 0.15) is 17.8 Å². The summed E-state index contributed by atoms with van der Waals surface area (Å²) in [6.45, 7) is 2.65. The van der Waals surface area contributed by atoms with Gasteiger partial charge in [-0.15, -0.1) is 0 Å². The molecule has 1 saturated heterocycles. The standard InChI is InChI=1S/C14H16O5/c1-2-7-18-10-5-3-9(4-6-10)13-11(14(16)17)8-12(15)19-13/h3-6,11,13H,2,7-8H2,1H3,(H,16,17). The average Bonchev–Trinajstić information content (AvgIpc) is 2.79. The molecular weight excluding hydrogens is 248 g/mol. The second-order valence-electron chi connectivity index (χ2n) is 4.48. The van der Waals surface area contributed by atoms with Crippen LogP contribution in [0.4, 0.5) is 0 Å². The molecule has 1 aliphatic rings. The highest BCUT2D eigenvalue weighted by Gasteiger charge is 2.40. The van der Waals surface area contributed by atoms with Gasteiger partial charge in [-0.2, -0.15) is 0 Å². The van der Waals surface area contributed by atoms with E-state index in [9.17, 15) is 9.59 Å². The molecule has 0 aromatic heterocycles. The molecule has 0 aliphatic carbocycles. The van der Waals surface area contributed by atoms with Gasteiger partial charge in [-0.3, -0.25) is 9.59 Å². The van der Waals surface area contributed by atoms with Crippen molar-refractivity contribution in [3.63, 3.8) is 0 Å². The van der Waals surface area contributed by atoms with Gasteiger partial charge in [-0.05, 0) is 24.1 Å². The Morgan fingerprint density at radius 1 is 1.42 bits per heavy atom. The van der Waals surface area contributed by atoms with E-state index in [4.69, 9.17) is 14.6 Å². The molecular formula is C14H16O5. The summed E-state index contributed by atoms with van der Waals surface area (Å²) in [5.74, 6) is -1.57. The molecule has 0 spiro atoms. The number of carbonyl (C=O) groups is 2. The predicted octanol–water partition coefficient (Wildman–Crippen LogP) is 2.16. The van der Waals surface area contributed by atoms with Gasteiger partial charge >= 0.3 is 11.9 Å². The number of rotatable bonds is 5. The van der Waals surface area contributed by atoms with E-state index in [1.165, 1.54) is 0 Å². The lowest BCUT2D eigenvalue weighted by molar-refractivity contribution is -0.144. The maximum absolute atomic E-state index is 11.2. The van der Waals surface area contributed by atoms with Crippen molar-refractivity contribution >= 4 is 11.9 Å². The fourth-order valence-corrected chi connectivity index (χ4v) is 2.05. The largest absolute Gasteiger partial charge is 0.494 e. The number of hydrogen-bond donors (Lipinski definition) is 1. The number of carboxylic acids is 1. The van der Waals surface area contributed by atoms with Crippen molar-refractivity contribution in [2.75, 3.05) is 6.61 Å². The normalized spacial score (nSPS) is 22.1. The van der Waals surface area contributed by atoms with Crippen LogP contribution in [0, 0.1) is 5.92 Å². The third-order valence-electron chi connectivity index (χ3n) is 3.01. The summed E-state index contributed by atoms with van der Waals surface area (Å²) < 4.78 is 10.5. The molecule has 1 aromatic carbocycles. The highest BCUT2D eigenvalue weighted by atomic mass is 16.6. The molecule has 2 unspecified atom stereocenters. The predicted molar refractivity (Wildman–Crippen MR) is 66.8 cm³/mol. The van der Waals surface area contributed by atoms with Crippen molar-refractivity contribution in [3.05, 3.63) is 29.8 Å². The van der Waals surface area contributed by atoms with Gasteiger partial charge in [0, 0.05) is 0 Å². The van der Waals surface area contributed by atoms with E-state index in [1.54, 1.807) is 24.3 Å². The molecule has 1 fully saturated rings. The highest BCUT2D eigenvalue weighted by molar-refractivity contribution is 5.82. The lowest BCUT2D eigenvalue weighted by Gasteiger charge is -2.15. The minimum Gasteiger partial charge on any atom is -0.494 e. The van der Waals surface area contributed by atoms with Crippen LogP contribution in [0.15, 0.2) is 24.3 Å². The van der Waals surface area contributed by atoms with Crippen LogP contribution in [0.25, 0.3) is 0 Å². The van der Waals surface area contributed by atoms with E-state index < -0.39 is 24.0 Å². The molecule has 2 atom stereocenters. The van der Waals surface area contributed by atoms with Gasteiger partial charge in [0.25, 0.3) is 0 Å². The van der Waals surface area contributed by atoms with Crippen LogP contribution >= 0.6 is 0 Å². The van der Waals surface area contributed by atoms with Crippen molar-refractivity contribution < 1.29 is 24.2 Å². The third-order valence-corrected chi connectivity index (χ3v) is 3.01. The highest BCUT2D eigenvalue weighted by Crippen LogP contribution is 2.36. The van der Waals surface area contributed by atoms with Gasteiger partial charge in [0.15, 0.2) is 0 Å². The fourth-order valence-electron chi connectivity index (χ4n) is 2.05. The Balaban J connectivity index is 2.12. The van der Waals surface area contributed by atoms with Crippen LogP contribution in [-0.4, -0.2) is 23.7 Å². The zero-order chi connectivity index (χ0) is 13.8. The molecule has 102 valence electrons. The Labute approximate surface area is 111 Å². The second-order valence-corrected chi connectivity index (χ2v) is 4.48.